The van der Waals surface area contributed by atoms with Crippen LogP contribution in [0.2, 0.25) is 0 Å². The number of nitrogens with zero attached hydrogens (tertiary/aromatic N) is 6. The average molecular weight is 605 g/mol. The van der Waals surface area contributed by atoms with Gasteiger partial charge in [0.25, 0.3) is 0 Å². The number of piperazine rings is 1. The van der Waals surface area contributed by atoms with Crippen LogP contribution in [0.25, 0.3) is 20.8 Å². The van der Waals surface area contributed by atoms with Gasteiger partial charge < -0.3 is 14.5 Å². The summed E-state index contributed by atoms with van der Waals surface area (Å²) < 4.78 is 23.1. The Labute approximate surface area is 252 Å². The van der Waals surface area contributed by atoms with E-state index >= 15 is 0 Å². The van der Waals surface area contributed by atoms with E-state index in [1.54, 1.807) is 35.5 Å². The molecule has 2 amide bonds. The predicted octanol–water partition coefficient (Wildman–Crippen LogP) is 4.87. The first-order valence-corrected chi connectivity index (χ1v) is 15.5. The largest absolute Gasteiger partial charge is 0.453 e. The number of hydrogen-bond acceptors (Lipinski definition) is 8. The molecule has 3 aromatic heterocycles. The number of benzene rings is 1. The van der Waals surface area contributed by atoms with Crippen LogP contribution in [0.5, 0.6) is 11.5 Å². The molecule has 1 aliphatic heterocycles. The number of rotatable bonds is 11. The van der Waals surface area contributed by atoms with Gasteiger partial charge in [-0.1, -0.05) is 18.2 Å². The normalized spacial score (nSPS) is 15.2. The number of pyridine rings is 1. The molecular formula is C31H33FN6O4S. The zero-order chi connectivity index (χ0) is 29.9. The van der Waals surface area contributed by atoms with E-state index in [1.165, 1.54) is 22.1 Å². The van der Waals surface area contributed by atoms with Gasteiger partial charge in [0.1, 0.15) is 23.8 Å². The molecule has 0 N–H and O–H groups in total. The Morgan fingerprint density at radius 1 is 1.02 bits per heavy atom. The summed E-state index contributed by atoms with van der Waals surface area (Å²) in [5.41, 5.74) is 1.89. The molecule has 1 aliphatic carbocycles. The minimum atomic E-state index is -0.528. The fourth-order valence-corrected chi connectivity index (χ4v) is 6.24. The van der Waals surface area contributed by atoms with E-state index in [4.69, 9.17) is 4.74 Å². The fourth-order valence-electron chi connectivity index (χ4n) is 5.23. The van der Waals surface area contributed by atoms with Crippen molar-refractivity contribution in [2.45, 2.75) is 52.0 Å². The number of ether oxygens (including phenoxy) is 1. The zero-order valence-corrected chi connectivity index (χ0v) is 24.8. The van der Waals surface area contributed by atoms with Crippen molar-refractivity contribution in [2.24, 2.45) is 5.92 Å². The zero-order valence-electron chi connectivity index (χ0n) is 24.0. The van der Waals surface area contributed by atoms with E-state index in [2.05, 4.69) is 15.3 Å². The molecular weight excluding hydrogens is 571 g/mol. The van der Waals surface area contributed by atoms with Crippen molar-refractivity contribution < 1.29 is 23.5 Å². The Morgan fingerprint density at radius 2 is 1.79 bits per heavy atom. The number of amides is 2. The molecule has 43 heavy (non-hydrogen) atoms. The summed E-state index contributed by atoms with van der Waals surface area (Å²) in [6.45, 7) is 4.12. The highest BCUT2D eigenvalue weighted by molar-refractivity contribution is 7.22. The van der Waals surface area contributed by atoms with Gasteiger partial charge in [-0.2, -0.15) is 0 Å². The van der Waals surface area contributed by atoms with Gasteiger partial charge in [0.2, 0.25) is 11.8 Å². The Bertz CT molecular complexity index is 1660. The maximum atomic E-state index is 14.9. The molecule has 12 heteroatoms. The second kappa shape index (κ2) is 12.6. The third kappa shape index (κ3) is 6.90. The molecule has 1 saturated heterocycles. The van der Waals surface area contributed by atoms with Gasteiger partial charge in [-0.15, -0.1) is 16.4 Å². The molecule has 10 nitrogen and oxygen atoms in total. The third-order valence-electron chi connectivity index (χ3n) is 7.74. The van der Waals surface area contributed by atoms with Crippen LogP contribution in [0.4, 0.5) is 4.39 Å². The molecule has 4 aromatic rings. The summed E-state index contributed by atoms with van der Waals surface area (Å²) >= 11 is 1.39. The Hall–Kier alpha value is -4.19. The number of carbonyl (C=O) groups is 3. The Morgan fingerprint density at radius 3 is 2.51 bits per heavy atom. The number of thiophene rings is 1. The quantitative estimate of drug-likeness (QED) is 0.240. The molecule has 0 bridgehead atoms. The molecule has 0 atom stereocenters. The van der Waals surface area contributed by atoms with Crippen LogP contribution < -0.4 is 4.74 Å². The first-order valence-electron chi connectivity index (χ1n) is 14.7. The smallest absolute Gasteiger partial charge is 0.244 e. The van der Waals surface area contributed by atoms with Gasteiger partial charge in [0.15, 0.2) is 11.6 Å². The lowest BCUT2D eigenvalue weighted by atomic mass is 10.0. The molecule has 0 radical (unpaired) electrons. The number of fused-ring (bicyclic) bond motifs is 1. The molecule has 2 aliphatic rings. The van der Waals surface area contributed by atoms with E-state index in [9.17, 15) is 18.8 Å². The Kier molecular flexibility index (Phi) is 8.46. The molecule has 0 unspecified atom stereocenters. The summed E-state index contributed by atoms with van der Waals surface area (Å²) in [5, 5.41) is 8.41. The van der Waals surface area contributed by atoms with Crippen LogP contribution in [-0.4, -0.2) is 73.6 Å². The highest BCUT2D eigenvalue weighted by Crippen LogP contribution is 2.39. The number of Topliss-reactive ketones (excluding diaryl/α,β-unsaturated/α-hetero) is 1. The van der Waals surface area contributed by atoms with Crippen LogP contribution >= 0.6 is 11.3 Å². The molecule has 224 valence electrons. The molecule has 1 saturated carbocycles. The Balaban J connectivity index is 1.10. The fraction of sp³-hybridized carbons (Fsp3) is 0.419. The summed E-state index contributed by atoms with van der Waals surface area (Å²) in [6.07, 6.45) is 7.67. The number of halogens is 1. The predicted molar refractivity (Wildman–Crippen MR) is 159 cm³/mol. The van der Waals surface area contributed by atoms with Gasteiger partial charge in [0.05, 0.1) is 21.3 Å². The van der Waals surface area contributed by atoms with Crippen LogP contribution in [0.1, 0.15) is 44.6 Å². The van der Waals surface area contributed by atoms with Crippen molar-refractivity contribution in [1.82, 2.24) is 29.8 Å². The number of carbonyl (C=O) groups excluding carboxylic acids is 3. The first-order chi connectivity index (χ1) is 20.9. The lowest BCUT2D eigenvalue weighted by Crippen LogP contribution is -2.51. The standard InChI is InChI=1S/C31H33FN6O4S/c1-2-3-29(40)36-10-12-37(13-11-36)30(41)19-38-18-25(34-35-38)28-17-24-31(43-28)27(8-9-33-24)42-26-7-6-21(16-23(26)32)15-22(39)14-20-4-5-20/h6-9,16-18,20H,2-5,10-15,19H2,1H3. The maximum absolute atomic E-state index is 14.9. The summed E-state index contributed by atoms with van der Waals surface area (Å²) in [5.74, 6) is 0.701. The number of ketones is 1. The van der Waals surface area contributed by atoms with Crippen LogP contribution in [0.3, 0.4) is 0 Å². The highest BCUT2D eigenvalue weighted by Gasteiger charge is 2.25. The molecule has 0 spiro atoms. The lowest BCUT2D eigenvalue weighted by Gasteiger charge is -2.34. The second-order valence-electron chi connectivity index (χ2n) is 11.2. The van der Waals surface area contributed by atoms with Gasteiger partial charge in [0, 0.05) is 57.7 Å². The van der Waals surface area contributed by atoms with E-state index in [0.717, 1.165) is 28.8 Å². The monoisotopic (exact) mass is 604 g/mol. The van der Waals surface area contributed by atoms with E-state index < -0.39 is 5.82 Å². The SMILES string of the molecule is CCCC(=O)N1CCN(C(=O)Cn2cc(-c3cc4nccc(Oc5ccc(CC(=O)CC6CC6)cc5F)c4s3)nn2)CC1. The number of hydrogen-bond donors (Lipinski definition) is 0. The van der Waals surface area contributed by atoms with Crippen molar-refractivity contribution in [3.8, 4) is 22.1 Å². The summed E-state index contributed by atoms with van der Waals surface area (Å²) in [7, 11) is 0. The first kappa shape index (κ1) is 28.9. The molecule has 2 fully saturated rings. The van der Waals surface area contributed by atoms with Gasteiger partial charge >= 0.3 is 0 Å². The van der Waals surface area contributed by atoms with Crippen molar-refractivity contribution in [1.29, 1.82) is 0 Å². The summed E-state index contributed by atoms with van der Waals surface area (Å²) in [4.78, 5) is 46.0. The van der Waals surface area contributed by atoms with Crippen LogP contribution in [0, 0.1) is 11.7 Å². The molecule has 1 aromatic carbocycles. The number of aromatic nitrogens is 4. The van der Waals surface area contributed by atoms with Crippen molar-refractivity contribution in [3.63, 3.8) is 0 Å². The van der Waals surface area contributed by atoms with E-state index in [1.807, 2.05) is 17.9 Å². The molecule has 6 rings (SSSR count). The topological polar surface area (TPSA) is 111 Å². The lowest BCUT2D eigenvalue weighted by molar-refractivity contribution is -0.140. The van der Waals surface area contributed by atoms with Gasteiger partial charge in [-0.3, -0.25) is 19.4 Å². The average Bonchev–Trinajstić information content (AvgIpc) is 3.49. The van der Waals surface area contributed by atoms with Gasteiger partial charge in [-0.25, -0.2) is 9.07 Å². The van der Waals surface area contributed by atoms with Crippen molar-refractivity contribution in [3.05, 3.63) is 54.1 Å². The van der Waals surface area contributed by atoms with Gasteiger partial charge in [-0.05, 0) is 48.9 Å². The van der Waals surface area contributed by atoms with Crippen LogP contribution in [0.15, 0.2) is 42.7 Å². The molecule has 4 heterocycles. The minimum Gasteiger partial charge on any atom is -0.453 e. The summed E-state index contributed by atoms with van der Waals surface area (Å²) in [6, 6.07) is 8.19. The van der Waals surface area contributed by atoms with E-state index in [0.29, 0.717) is 67.5 Å². The maximum Gasteiger partial charge on any atom is 0.244 e. The van der Waals surface area contributed by atoms with E-state index in [-0.39, 0.29) is 36.3 Å². The highest BCUT2D eigenvalue weighted by atomic mass is 32.1. The second-order valence-corrected chi connectivity index (χ2v) is 12.2. The minimum absolute atomic E-state index is 0.0505. The van der Waals surface area contributed by atoms with Crippen molar-refractivity contribution >= 4 is 39.2 Å². The van der Waals surface area contributed by atoms with Crippen LogP contribution in [-0.2, 0) is 27.3 Å². The third-order valence-corrected chi connectivity index (χ3v) is 8.91. The van der Waals surface area contributed by atoms with Crippen molar-refractivity contribution in [2.75, 3.05) is 26.2 Å².